The lowest BCUT2D eigenvalue weighted by atomic mass is 10.1. The van der Waals surface area contributed by atoms with Crippen LogP contribution in [0.15, 0.2) is 37.1 Å². The van der Waals surface area contributed by atoms with Crippen LogP contribution in [0.25, 0.3) is 10.9 Å². The van der Waals surface area contributed by atoms with E-state index in [0.717, 1.165) is 42.7 Å². The topological polar surface area (TPSA) is 69.4 Å². The van der Waals surface area contributed by atoms with Gasteiger partial charge in [-0.25, -0.2) is 0 Å². The van der Waals surface area contributed by atoms with Crippen LogP contribution in [0.2, 0.25) is 0 Å². The van der Waals surface area contributed by atoms with Crippen LogP contribution in [0, 0.1) is 25.2 Å². The molecule has 0 aliphatic rings. The van der Waals surface area contributed by atoms with Crippen molar-refractivity contribution in [3.05, 3.63) is 65.1 Å². The number of allylic oxidation sites excluding steroid dienone is 1. The van der Waals surface area contributed by atoms with Crippen LogP contribution >= 0.6 is 0 Å². The first-order valence-electron chi connectivity index (χ1n) is 8.48. The molecule has 0 aliphatic carbocycles. The molecule has 5 heteroatoms. The van der Waals surface area contributed by atoms with Gasteiger partial charge in [-0.2, -0.15) is 10.4 Å². The predicted octanol–water partition coefficient (Wildman–Crippen LogP) is 3.37. The van der Waals surface area contributed by atoms with Crippen LogP contribution in [0.5, 0.6) is 0 Å². The molecular weight excluding hydrogens is 310 g/mol. The third-order valence-corrected chi connectivity index (χ3v) is 4.48. The van der Waals surface area contributed by atoms with Gasteiger partial charge in [0.1, 0.15) is 0 Å². The molecule has 1 aromatic carbocycles. The number of hydrogen-bond donors (Lipinski definition) is 2. The van der Waals surface area contributed by atoms with Crippen molar-refractivity contribution in [2.75, 3.05) is 6.54 Å². The highest BCUT2D eigenvalue weighted by Gasteiger charge is 2.09. The van der Waals surface area contributed by atoms with Gasteiger partial charge >= 0.3 is 0 Å². The maximum Gasteiger partial charge on any atom is 0.0991 e. The summed E-state index contributed by atoms with van der Waals surface area (Å²) >= 11 is 0. The summed E-state index contributed by atoms with van der Waals surface area (Å²) in [5.74, 6) is 0. The summed E-state index contributed by atoms with van der Waals surface area (Å²) in [7, 11) is 0. The Balaban J connectivity index is 1.64. The minimum absolute atomic E-state index is 0.700. The maximum atomic E-state index is 9.11. The predicted molar refractivity (Wildman–Crippen MR) is 100 cm³/mol. The van der Waals surface area contributed by atoms with E-state index in [4.69, 9.17) is 5.26 Å². The number of H-pyrrole nitrogens is 1. The van der Waals surface area contributed by atoms with Gasteiger partial charge in [-0.05, 0) is 50.6 Å². The third kappa shape index (κ3) is 3.65. The molecule has 0 aliphatic heterocycles. The smallest absolute Gasteiger partial charge is 0.0991 e. The molecule has 0 saturated carbocycles. The van der Waals surface area contributed by atoms with Crippen molar-refractivity contribution < 1.29 is 0 Å². The zero-order valence-corrected chi connectivity index (χ0v) is 14.8. The Kier molecular flexibility index (Phi) is 5.01. The molecule has 25 heavy (non-hydrogen) atoms. The Bertz CT molecular complexity index is 939. The number of benzene rings is 1. The first-order valence-corrected chi connectivity index (χ1v) is 8.48. The highest BCUT2D eigenvalue weighted by atomic mass is 15.3. The molecule has 128 valence electrons. The molecule has 3 rings (SSSR count). The molecule has 0 unspecified atom stereocenters. The molecular formula is C20H23N5. The van der Waals surface area contributed by atoms with Crippen molar-refractivity contribution in [1.29, 1.82) is 5.26 Å². The second-order valence-electron chi connectivity index (χ2n) is 6.28. The van der Waals surface area contributed by atoms with Gasteiger partial charge in [0.2, 0.25) is 0 Å². The van der Waals surface area contributed by atoms with Gasteiger partial charge in [0.15, 0.2) is 0 Å². The zero-order chi connectivity index (χ0) is 17.8. The number of nitrogens with zero attached hydrogens (tertiary/aromatic N) is 3. The number of hydrogen-bond acceptors (Lipinski definition) is 3. The van der Waals surface area contributed by atoms with Crippen molar-refractivity contribution in [1.82, 2.24) is 20.1 Å². The summed E-state index contributed by atoms with van der Waals surface area (Å²) in [5, 5.41) is 18.2. The van der Waals surface area contributed by atoms with Crippen molar-refractivity contribution in [2.24, 2.45) is 0 Å². The van der Waals surface area contributed by atoms with Gasteiger partial charge in [0.05, 0.1) is 23.9 Å². The molecule has 0 amide bonds. The standard InChI is InChI=1S/C20H23N5/c1-4-9-25-13-17(14(2)24-25)12-22-8-7-18-15(3)23-20-6-5-16(11-21)10-19(18)20/h4-6,10,13,22-23H,1,7-9,12H2,2-3H3. The van der Waals surface area contributed by atoms with Crippen molar-refractivity contribution >= 4 is 10.9 Å². The summed E-state index contributed by atoms with van der Waals surface area (Å²) in [6, 6.07) is 8.02. The van der Waals surface area contributed by atoms with Gasteiger partial charge in [-0.15, -0.1) is 6.58 Å². The van der Waals surface area contributed by atoms with Crippen molar-refractivity contribution in [2.45, 2.75) is 33.4 Å². The Labute approximate surface area is 148 Å². The number of aryl methyl sites for hydroxylation is 2. The fourth-order valence-electron chi connectivity index (χ4n) is 3.17. The zero-order valence-electron chi connectivity index (χ0n) is 14.8. The quantitative estimate of drug-likeness (QED) is 0.514. The molecule has 0 saturated heterocycles. The molecule has 0 bridgehead atoms. The van der Waals surface area contributed by atoms with E-state index in [9.17, 15) is 0 Å². The van der Waals surface area contributed by atoms with Gasteiger partial charge < -0.3 is 10.3 Å². The Morgan fingerprint density at radius 1 is 1.40 bits per heavy atom. The lowest BCUT2D eigenvalue weighted by Gasteiger charge is -2.05. The molecule has 5 nitrogen and oxygen atoms in total. The number of nitriles is 1. The van der Waals surface area contributed by atoms with Gasteiger partial charge in [0, 0.05) is 34.9 Å². The molecule has 3 aromatic rings. The lowest BCUT2D eigenvalue weighted by Crippen LogP contribution is -2.17. The van der Waals surface area contributed by atoms with Crippen LogP contribution in [0.3, 0.4) is 0 Å². The van der Waals surface area contributed by atoms with Crippen molar-refractivity contribution in [3.8, 4) is 6.07 Å². The molecule has 0 atom stereocenters. The van der Waals surface area contributed by atoms with Crippen molar-refractivity contribution in [3.63, 3.8) is 0 Å². The second-order valence-corrected chi connectivity index (χ2v) is 6.28. The van der Waals surface area contributed by atoms with E-state index in [1.165, 1.54) is 16.8 Å². The Hall–Kier alpha value is -2.84. The number of nitrogens with one attached hydrogen (secondary N) is 2. The fourth-order valence-corrected chi connectivity index (χ4v) is 3.17. The van der Waals surface area contributed by atoms with Crippen LogP contribution < -0.4 is 5.32 Å². The molecule has 2 N–H and O–H groups in total. The average molecular weight is 333 g/mol. The number of rotatable bonds is 7. The largest absolute Gasteiger partial charge is 0.358 e. The molecule has 0 spiro atoms. The molecule has 0 radical (unpaired) electrons. The van der Waals surface area contributed by atoms with Crippen LogP contribution in [-0.2, 0) is 19.5 Å². The number of aromatic nitrogens is 3. The minimum atomic E-state index is 0.700. The van der Waals surface area contributed by atoms with Crippen LogP contribution in [0.4, 0.5) is 0 Å². The molecule has 2 heterocycles. The summed E-state index contributed by atoms with van der Waals surface area (Å²) in [6.45, 7) is 10.3. The van der Waals surface area contributed by atoms with Gasteiger partial charge in [-0.1, -0.05) is 6.08 Å². The minimum Gasteiger partial charge on any atom is -0.358 e. The van der Waals surface area contributed by atoms with Gasteiger partial charge in [0.25, 0.3) is 0 Å². The summed E-state index contributed by atoms with van der Waals surface area (Å²) in [4.78, 5) is 3.40. The van der Waals surface area contributed by atoms with E-state index in [1.54, 1.807) is 0 Å². The van der Waals surface area contributed by atoms with E-state index in [2.05, 4.69) is 41.2 Å². The lowest BCUT2D eigenvalue weighted by molar-refractivity contribution is 0.681. The van der Waals surface area contributed by atoms with Crippen LogP contribution in [-0.4, -0.2) is 21.3 Å². The fraction of sp³-hybridized carbons (Fsp3) is 0.300. The first kappa shape index (κ1) is 17.0. The maximum absolute atomic E-state index is 9.11. The first-order chi connectivity index (χ1) is 12.1. The normalized spacial score (nSPS) is 10.9. The van der Waals surface area contributed by atoms with E-state index in [-0.39, 0.29) is 0 Å². The van der Waals surface area contributed by atoms with E-state index >= 15 is 0 Å². The van der Waals surface area contributed by atoms with E-state index in [0.29, 0.717) is 5.56 Å². The number of fused-ring (bicyclic) bond motifs is 1. The summed E-state index contributed by atoms with van der Waals surface area (Å²) in [6.07, 6.45) is 4.83. The Morgan fingerprint density at radius 3 is 3.00 bits per heavy atom. The SMILES string of the molecule is C=CCn1cc(CNCCc2c(C)[nH]c3ccc(C#N)cc23)c(C)n1. The summed E-state index contributed by atoms with van der Waals surface area (Å²) in [5.41, 5.74) is 6.50. The highest BCUT2D eigenvalue weighted by molar-refractivity contribution is 5.85. The Morgan fingerprint density at radius 2 is 2.24 bits per heavy atom. The third-order valence-electron chi connectivity index (χ3n) is 4.48. The number of aromatic amines is 1. The molecule has 0 fully saturated rings. The van der Waals surface area contributed by atoms with Gasteiger partial charge in [-0.3, -0.25) is 4.68 Å². The van der Waals surface area contributed by atoms with Crippen LogP contribution in [0.1, 0.15) is 28.1 Å². The van der Waals surface area contributed by atoms with E-state index < -0.39 is 0 Å². The second kappa shape index (κ2) is 7.37. The van der Waals surface area contributed by atoms with E-state index in [1.807, 2.05) is 35.9 Å². The summed E-state index contributed by atoms with van der Waals surface area (Å²) < 4.78 is 1.91. The average Bonchev–Trinajstić information content (AvgIpc) is 3.10. The molecule has 2 aromatic heterocycles. The monoisotopic (exact) mass is 333 g/mol. The highest BCUT2D eigenvalue weighted by Crippen LogP contribution is 2.23.